The van der Waals surface area contributed by atoms with Gasteiger partial charge < -0.3 is 19.7 Å². The van der Waals surface area contributed by atoms with Crippen LogP contribution in [0.4, 0.5) is 10.5 Å². The maximum atomic E-state index is 12.7. The zero-order chi connectivity index (χ0) is 19.9. The molecule has 0 aliphatic carbocycles. The van der Waals surface area contributed by atoms with Crippen molar-refractivity contribution in [3.05, 3.63) is 42.2 Å². The summed E-state index contributed by atoms with van der Waals surface area (Å²) < 4.78 is 11.9. The number of anilines is 1. The highest BCUT2D eigenvalue weighted by molar-refractivity contribution is 5.98. The first-order valence-electron chi connectivity index (χ1n) is 9.36. The fraction of sp³-hybridized carbons (Fsp3) is 0.450. The molecule has 8 nitrogen and oxygen atoms in total. The van der Waals surface area contributed by atoms with Crippen molar-refractivity contribution < 1.29 is 19.1 Å². The Kier molecular flexibility index (Phi) is 6.65. The van der Waals surface area contributed by atoms with Crippen molar-refractivity contribution in [3.63, 3.8) is 0 Å². The van der Waals surface area contributed by atoms with Gasteiger partial charge in [0.05, 0.1) is 32.1 Å². The lowest BCUT2D eigenvalue weighted by molar-refractivity contribution is 0.0859. The molecule has 2 heterocycles. The van der Waals surface area contributed by atoms with Crippen LogP contribution < -0.4 is 10.1 Å². The van der Waals surface area contributed by atoms with E-state index in [2.05, 4.69) is 10.4 Å². The summed E-state index contributed by atoms with van der Waals surface area (Å²) >= 11 is 0. The minimum Gasteiger partial charge on any atom is -0.497 e. The molecule has 0 unspecified atom stereocenters. The average Bonchev–Trinajstić information content (AvgIpc) is 3.19. The van der Waals surface area contributed by atoms with Crippen molar-refractivity contribution in [1.82, 2.24) is 14.7 Å². The average molecular weight is 386 g/mol. The van der Waals surface area contributed by atoms with Gasteiger partial charge in [-0.25, -0.2) is 4.79 Å². The van der Waals surface area contributed by atoms with Crippen molar-refractivity contribution in [3.8, 4) is 5.75 Å². The Hall–Kier alpha value is -2.87. The summed E-state index contributed by atoms with van der Waals surface area (Å²) in [7, 11) is 3.23. The first kappa shape index (κ1) is 19.9. The number of nitrogens with one attached hydrogen (secondary N) is 1. The van der Waals surface area contributed by atoms with E-state index in [4.69, 9.17) is 9.47 Å². The van der Waals surface area contributed by atoms with Crippen molar-refractivity contribution in [2.75, 3.05) is 39.2 Å². The molecule has 0 bridgehead atoms. The third-order valence-corrected chi connectivity index (χ3v) is 4.94. The van der Waals surface area contributed by atoms with Crippen LogP contribution >= 0.6 is 0 Å². The lowest BCUT2D eigenvalue weighted by Gasteiger charge is -2.31. The van der Waals surface area contributed by atoms with Crippen molar-refractivity contribution in [1.29, 1.82) is 0 Å². The van der Waals surface area contributed by atoms with Crippen molar-refractivity contribution in [2.45, 2.75) is 19.4 Å². The Balaban J connectivity index is 1.49. The summed E-state index contributed by atoms with van der Waals surface area (Å²) in [6.07, 6.45) is 4.71. The number of urea groups is 1. The van der Waals surface area contributed by atoms with Crippen LogP contribution in [0.5, 0.6) is 5.75 Å². The van der Waals surface area contributed by atoms with Crippen LogP contribution in [0.1, 0.15) is 23.2 Å². The van der Waals surface area contributed by atoms with E-state index >= 15 is 0 Å². The molecule has 0 radical (unpaired) electrons. The molecule has 1 N–H and O–H groups in total. The largest absolute Gasteiger partial charge is 0.497 e. The van der Waals surface area contributed by atoms with E-state index in [1.807, 2.05) is 0 Å². The summed E-state index contributed by atoms with van der Waals surface area (Å²) in [6.45, 7) is 2.29. The second-order valence-electron chi connectivity index (χ2n) is 6.77. The molecule has 0 saturated carbocycles. The molecule has 0 atom stereocenters. The molecule has 1 aromatic carbocycles. The van der Waals surface area contributed by atoms with E-state index < -0.39 is 0 Å². The molecule has 1 saturated heterocycles. The molecular formula is C20H26N4O4. The number of rotatable bonds is 7. The number of carbonyl (C=O) groups is 2. The molecular weight excluding hydrogens is 360 g/mol. The minimum atomic E-state index is -0.165. The first-order valence-corrected chi connectivity index (χ1v) is 9.36. The van der Waals surface area contributed by atoms with E-state index in [0.717, 1.165) is 5.75 Å². The molecule has 0 spiro atoms. The fourth-order valence-corrected chi connectivity index (χ4v) is 3.27. The van der Waals surface area contributed by atoms with Gasteiger partial charge in [0.25, 0.3) is 0 Å². The van der Waals surface area contributed by atoms with E-state index in [1.54, 1.807) is 60.5 Å². The SMILES string of the molecule is COCCn1cc(NC(=O)N2CCC(C(=O)c3ccc(OC)cc3)CC2)cn1. The smallest absolute Gasteiger partial charge is 0.321 e. The molecule has 1 aliphatic heterocycles. The highest BCUT2D eigenvalue weighted by Gasteiger charge is 2.28. The van der Waals surface area contributed by atoms with E-state index in [-0.39, 0.29) is 17.7 Å². The van der Waals surface area contributed by atoms with Gasteiger partial charge in [0, 0.05) is 37.9 Å². The molecule has 8 heteroatoms. The highest BCUT2D eigenvalue weighted by atomic mass is 16.5. The number of ketones is 1. The maximum absolute atomic E-state index is 12.7. The fourth-order valence-electron chi connectivity index (χ4n) is 3.27. The molecule has 1 aliphatic rings. The topological polar surface area (TPSA) is 85.7 Å². The zero-order valence-electron chi connectivity index (χ0n) is 16.3. The van der Waals surface area contributed by atoms with Crippen LogP contribution in [-0.4, -0.2) is 60.4 Å². The van der Waals surface area contributed by atoms with Crippen LogP contribution in [0.2, 0.25) is 0 Å². The second kappa shape index (κ2) is 9.36. The summed E-state index contributed by atoms with van der Waals surface area (Å²) in [5, 5.41) is 7.04. The molecule has 2 amide bonds. The van der Waals surface area contributed by atoms with Crippen molar-refractivity contribution >= 4 is 17.5 Å². The summed E-state index contributed by atoms with van der Waals surface area (Å²) in [5.41, 5.74) is 1.34. The third kappa shape index (κ3) is 4.89. The van der Waals surface area contributed by atoms with Gasteiger partial charge in [0.1, 0.15) is 5.75 Å². The number of hydrogen-bond donors (Lipinski definition) is 1. The quantitative estimate of drug-likeness (QED) is 0.740. The van der Waals surface area contributed by atoms with Gasteiger partial charge in [-0.3, -0.25) is 9.48 Å². The number of methoxy groups -OCH3 is 2. The Morgan fingerprint density at radius 3 is 2.54 bits per heavy atom. The molecule has 1 aromatic heterocycles. The Morgan fingerprint density at radius 1 is 1.18 bits per heavy atom. The third-order valence-electron chi connectivity index (χ3n) is 4.94. The monoisotopic (exact) mass is 386 g/mol. The first-order chi connectivity index (χ1) is 13.6. The Labute approximate surface area is 164 Å². The van der Waals surface area contributed by atoms with Crippen LogP contribution in [0.25, 0.3) is 0 Å². The number of benzene rings is 1. The Morgan fingerprint density at radius 2 is 1.89 bits per heavy atom. The number of aromatic nitrogens is 2. The van der Waals surface area contributed by atoms with Crippen LogP contribution in [0.3, 0.4) is 0 Å². The van der Waals surface area contributed by atoms with Crippen LogP contribution in [0, 0.1) is 5.92 Å². The van der Waals surface area contributed by atoms with Gasteiger partial charge >= 0.3 is 6.03 Å². The number of hydrogen-bond acceptors (Lipinski definition) is 5. The van der Waals surface area contributed by atoms with Crippen LogP contribution in [0.15, 0.2) is 36.7 Å². The highest BCUT2D eigenvalue weighted by Crippen LogP contribution is 2.23. The number of Topliss-reactive ketones (excluding diaryl/α,β-unsaturated/α-hetero) is 1. The molecule has 150 valence electrons. The molecule has 3 rings (SSSR count). The van der Waals surface area contributed by atoms with Gasteiger partial charge in [0.2, 0.25) is 0 Å². The minimum absolute atomic E-state index is 0.0609. The van der Waals surface area contributed by atoms with Crippen molar-refractivity contribution in [2.24, 2.45) is 5.92 Å². The maximum Gasteiger partial charge on any atom is 0.321 e. The number of likely N-dealkylation sites (tertiary alicyclic amines) is 1. The summed E-state index contributed by atoms with van der Waals surface area (Å²) in [6, 6.07) is 7.01. The van der Waals surface area contributed by atoms with Gasteiger partial charge in [-0.05, 0) is 37.1 Å². The Bertz CT molecular complexity index is 795. The van der Waals surface area contributed by atoms with Crippen LogP contribution in [-0.2, 0) is 11.3 Å². The van der Waals surface area contributed by atoms with Gasteiger partial charge in [-0.1, -0.05) is 0 Å². The summed E-state index contributed by atoms with van der Waals surface area (Å²) in [5.74, 6) is 0.796. The lowest BCUT2D eigenvalue weighted by Crippen LogP contribution is -2.42. The normalized spacial score (nSPS) is 14.7. The molecule has 28 heavy (non-hydrogen) atoms. The number of carbonyl (C=O) groups excluding carboxylic acids is 2. The van der Waals surface area contributed by atoms with Gasteiger partial charge in [-0.15, -0.1) is 0 Å². The summed E-state index contributed by atoms with van der Waals surface area (Å²) in [4.78, 5) is 26.9. The molecule has 1 fully saturated rings. The van der Waals surface area contributed by atoms with Gasteiger partial charge in [0.15, 0.2) is 5.78 Å². The predicted octanol–water partition coefficient (Wildman–Crippen LogP) is 2.66. The number of nitrogens with zero attached hydrogens (tertiary/aromatic N) is 3. The van der Waals surface area contributed by atoms with E-state index in [9.17, 15) is 9.59 Å². The van der Waals surface area contributed by atoms with E-state index in [0.29, 0.717) is 50.3 Å². The van der Waals surface area contributed by atoms with Gasteiger partial charge in [-0.2, -0.15) is 5.10 Å². The number of piperidine rings is 1. The predicted molar refractivity (Wildman–Crippen MR) is 105 cm³/mol. The zero-order valence-corrected chi connectivity index (χ0v) is 16.3. The molecule has 2 aromatic rings. The lowest BCUT2D eigenvalue weighted by atomic mass is 9.89. The standard InChI is InChI=1S/C20H26N4O4/c1-27-12-11-24-14-17(13-21-24)22-20(26)23-9-7-16(8-10-23)19(25)15-3-5-18(28-2)6-4-15/h3-6,13-14,16H,7-12H2,1-2H3,(H,22,26). The second-order valence-corrected chi connectivity index (χ2v) is 6.77. The number of amides is 2. The number of ether oxygens (including phenoxy) is 2. The van der Waals surface area contributed by atoms with E-state index in [1.165, 1.54) is 0 Å².